The van der Waals surface area contributed by atoms with Crippen LogP contribution < -0.4 is 5.32 Å². The fourth-order valence-corrected chi connectivity index (χ4v) is 2.98. The van der Waals surface area contributed by atoms with Gasteiger partial charge in [0.2, 0.25) is 0 Å². The van der Waals surface area contributed by atoms with Crippen molar-refractivity contribution in [1.29, 1.82) is 0 Å². The van der Waals surface area contributed by atoms with Crippen molar-refractivity contribution in [2.24, 2.45) is 7.05 Å². The number of aryl methyl sites for hydroxylation is 2. The Kier molecular flexibility index (Phi) is 5.89. The van der Waals surface area contributed by atoms with Crippen molar-refractivity contribution in [3.8, 4) is 0 Å². The second-order valence-corrected chi connectivity index (χ2v) is 7.46. The average molecular weight is 285 g/mol. The minimum Gasteiger partial charge on any atom is -0.396 e. The number of aliphatic hydroxyl groups is 1. The van der Waals surface area contributed by atoms with Crippen LogP contribution in [0.2, 0.25) is 0 Å². The van der Waals surface area contributed by atoms with Crippen LogP contribution in [0.25, 0.3) is 0 Å². The van der Waals surface area contributed by atoms with Gasteiger partial charge in [0.15, 0.2) is 0 Å². The van der Waals surface area contributed by atoms with Crippen molar-refractivity contribution in [3.05, 3.63) is 11.3 Å². The molecule has 0 bridgehead atoms. The van der Waals surface area contributed by atoms with Crippen molar-refractivity contribution in [3.63, 3.8) is 0 Å². The Balaban J connectivity index is 2.84. The van der Waals surface area contributed by atoms with E-state index in [0.717, 1.165) is 18.7 Å². The Labute approximate surface area is 121 Å². The summed E-state index contributed by atoms with van der Waals surface area (Å²) in [5.41, 5.74) is 2.45. The van der Waals surface area contributed by atoms with Gasteiger partial charge >= 0.3 is 0 Å². The van der Waals surface area contributed by atoms with Crippen molar-refractivity contribution in [2.45, 2.75) is 63.4 Å². The Hall–Kier alpha value is -0.520. The molecule has 0 saturated carbocycles. The Bertz CT molecular complexity index is 410. The third-order valence-electron chi connectivity index (χ3n) is 2.93. The Morgan fingerprint density at radius 1 is 1.42 bits per heavy atom. The van der Waals surface area contributed by atoms with Crippen LogP contribution >= 0.6 is 11.8 Å². The highest BCUT2D eigenvalue weighted by molar-refractivity contribution is 7.99. The van der Waals surface area contributed by atoms with Gasteiger partial charge < -0.3 is 10.4 Å². The van der Waals surface area contributed by atoms with E-state index in [1.807, 2.05) is 11.7 Å². The van der Waals surface area contributed by atoms with E-state index in [4.69, 9.17) is 5.11 Å². The van der Waals surface area contributed by atoms with E-state index < -0.39 is 0 Å². The van der Waals surface area contributed by atoms with Crippen molar-refractivity contribution < 1.29 is 5.11 Å². The predicted molar refractivity (Wildman–Crippen MR) is 81.6 cm³/mol. The predicted octanol–water partition coefficient (Wildman–Crippen LogP) is 2.48. The van der Waals surface area contributed by atoms with Crippen LogP contribution in [0, 0.1) is 6.92 Å². The molecule has 1 unspecified atom stereocenters. The van der Waals surface area contributed by atoms with Crippen molar-refractivity contribution >= 4 is 11.8 Å². The largest absolute Gasteiger partial charge is 0.396 e. The first kappa shape index (κ1) is 16.5. The summed E-state index contributed by atoms with van der Waals surface area (Å²) in [5.74, 6) is 0. The SMILES string of the molecule is Cc1nn(C)c(SC(C)CCO)c1CNC(C)(C)C. The monoisotopic (exact) mass is 285 g/mol. The normalized spacial score (nSPS) is 13.8. The third-order valence-corrected chi connectivity index (χ3v) is 4.30. The molecule has 0 spiro atoms. The fourth-order valence-electron chi connectivity index (χ4n) is 1.82. The second-order valence-electron chi connectivity index (χ2n) is 6.04. The van der Waals surface area contributed by atoms with E-state index in [9.17, 15) is 0 Å². The average Bonchev–Trinajstić information content (AvgIpc) is 2.50. The topological polar surface area (TPSA) is 50.1 Å². The standard InChI is InChI=1S/C14H27N3OS/c1-10(7-8-18)19-13-12(9-15-14(3,4)5)11(2)16-17(13)6/h10,15,18H,7-9H2,1-6H3. The highest BCUT2D eigenvalue weighted by Crippen LogP contribution is 2.30. The number of aromatic nitrogens is 2. The maximum absolute atomic E-state index is 9.02. The molecule has 110 valence electrons. The van der Waals surface area contributed by atoms with Crippen molar-refractivity contribution in [1.82, 2.24) is 15.1 Å². The van der Waals surface area contributed by atoms with Crippen LogP contribution in [-0.2, 0) is 13.6 Å². The Morgan fingerprint density at radius 2 is 2.05 bits per heavy atom. The van der Waals surface area contributed by atoms with E-state index in [-0.39, 0.29) is 12.1 Å². The summed E-state index contributed by atoms with van der Waals surface area (Å²) in [6.45, 7) is 11.8. The molecule has 0 aromatic carbocycles. The second kappa shape index (κ2) is 6.77. The minimum atomic E-state index is 0.0981. The van der Waals surface area contributed by atoms with Crippen LogP contribution in [0.4, 0.5) is 0 Å². The lowest BCUT2D eigenvalue weighted by Crippen LogP contribution is -2.35. The number of aliphatic hydroxyl groups excluding tert-OH is 1. The number of thioether (sulfide) groups is 1. The van der Waals surface area contributed by atoms with E-state index in [0.29, 0.717) is 5.25 Å². The molecule has 0 aliphatic rings. The van der Waals surface area contributed by atoms with Crippen LogP contribution in [0.3, 0.4) is 0 Å². The van der Waals surface area contributed by atoms with Gasteiger partial charge in [0.05, 0.1) is 10.7 Å². The van der Waals surface area contributed by atoms with Gasteiger partial charge in [-0.3, -0.25) is 4.68 Å². The number of hydrogen-bond acceptors (Lipinski definition) is 4. The molecule has 0 aliphatic heterocycles. The number of nitrogens with zero attached hydrogens (tertiary/aromatic N) is 2. The van der Waals surface area contributed by atoms with Gasteiger partial charge in [-0.15, -0.1) is 11.8 Å². The minimum absolute atomic E-state index is 0.0981. The first-order valence-corrected chi connectivity index (χ1v) is 7.67. The van der Waals surface area contributed by atoms with E-state index >= 15 is 0 Å². The molecule has 1 heterocycles. The van der Waals surface area contributed by atoms with Crippen molar-refractivity contribution in [2.75, 3.05) is 6.61 Å². The summed E-state index contributed by atoms with van der Waals surface area (Å²) in [4.78, 5) is 0. The maximum atomic E-state index is 9.02. The lowest BCUT2D eigenvalue weighted by Gasteiger charge is -2.21. The van der Waals surface area contributed by atoms with Gasteiger partial charge in [-0.2, -0.15) is 5.10 Å². The summed E-state index contributed by atoms with van der Waals surface area (Å²) in [6.07, 6.45) is 0.807. The molecule has 5 heteroatoms. The molecular weight excluding hydrogens is 258 g/mol. The maximum Gasteiger partial charge on any atom is 0.0987 e. The molecule has 0 radical (unpaired) electrons. The zero-order valence-electron chi connectivity index (χ0n) is 12.9. The lowest BCUT2D eigenvalue weighted by atomic mass is 10.1. The molecule has 1 aromatic heterocycles. The first-order valence-electron chi connectivity index (χ1n) is 6.79. The summed E-state index contributed by atoms with van der Waals surface area (Å²) >= 11 is 1.79. The molecule has 0 aliphatic carbocycles. The number of hydrogen-bond donors (Lipinski definition) is 2. The highest BCUT2D eigenvalue weighted by Gasteiger charge is 2.18. The summed E-state index contributed by atoms with van der Waals surface area (Å²) < 4.78 is 1.95. The van der Waals surface area contributed by atoms with Gasteiger partial charge in [0.25, 0.3) is 0 Å². The highest BCUT2D eigenvalue weighted by atomic mass is 32.2. The van der Waals surface area contributed by atoms with Gasteiger partial charge in [-0.1, -0.05) is 6.92 Å². The lowest BCUT2D eigenvalue weighted by molar-refractivity contribution is 0.289. The first-order chi connectivity index (χ1) is 8.74. The fraction of sp³-hybridized carbons (Fsp3) is 0.786. The molecule has 1 aromatic rings. The van der Waals surface area contributed by atoms with Gasteiger partial charge in [-0.25, -0.2) is 0 Å². The summed E-state index contributed by atoms with van der Waals surface area (Å²) in [5, 5.41) is 18.7. The Morgan fingerprint density at radius 3 is 2.58 bits per heavy atom. The van der Waals surface area contributed by atoms with Crippen LogP contribution in [0.15, 0.2) is 5.03 Å². The molecular formula is C14H27N3OS. The molecule has 0 amide bonds. The molecule has 19 heavy (non-hydrogen) atoms. The molecule has 2 N–H and O–H groups in total. The smallest absolute Gasteiger partial charge is 0.0987 e. The summed E-state index contributed by atoms with van der Waals surface area (Å²) in [7, 11) is 1.99. The number of rotatable bonds is 6. The third kappa shape index (κ3) is 5.16. The van der Waals surface area contributed by atoms with E-state index in [1.54, 1.807) is 11.8 Å². The van der Waals surface area contributed by atoms with Crippen LogP contribution in [0.5, 0.6) is 0 Å². The zero-order valence-corrected chi connectivity index (χ0v) is 13.8. The zero-order chi connectivity index (χ0) is 14.6. The molecule has 1 rings (SSSR count). The molecule has 1 atom stereocenters. The molecule has 0 fully saturated rings. The van der Waals surface area contributed by atoms with E-state index in [2.05, 4.69) is 45.0 Å². The van der Waals surface area contributed by atoms with Crippen LogP contribution in [-0.4, -0.2) is 32.3 Å². The van der Waals surface area contributed by atoms with E-state index in [1.165, 1.54) is 10.6 Å². The quantitative estimate of drug-likeness (QED) is 0.788. The summed E-state index contributed by atoms with van der Waals surface area (Å²) in [6, 6.07) is 0. The van der Waals surface area contributed by atoms with Crippen LogP contribution in [0.1, 0.15) is 45.4 Å². The van der Waals surface area contributed by atoms with Gasteiger partial charge in [0, 0.05) is 36.6 Å². The number of nitrogens with one attached hydrogen (secondary N) is 1. The molecule has 4 nitrogen and oxygen atoms in total. The van der Waals surface area contributed by atoms with Gasteiger partial charge in [0.1, 0.15) is 0 Å². The molecule has 0 saturated heterocycles. The van der Waals surface area contributed by atoms with Gasteiger partial charge in [-0.05, 0) is 34.1 Å².